The highest BCUT2D eigenvalue weighted by atomic mass is 35.5. The third-order valence-electron chi connectivity index (χ3n) is 3.11. The average Bonchev–Trinajstić information content (AvgIpc) is 2.60. The molecule has 0 aromatic heterocycles. The molecule has 0 fully saturated rings. The average molecular weight is 369 g/mol. The monoisotopic (exact) mass is 368 g/mol. The van der Waals surface area contributed by atoms with E-state index in [1.54, 1.807) is 18.2 Å². The van der Waals surface area contributed by atoms with Crippen LogP contribution < -0.4 is 20.3 Å². The highest BCUT2D eigenvalue weighted by Gasteiger charge is 2.18. The zero-order valence-electron chi connectivity index (χ0n) is 12.9. The van der Waals surface area contributed by atoms with Gasteiger partial charge in [-0.3, -0.25) is 20.4 Å². The predicted octanol–water partition coefficient (Wildman–Crippen LogP) is 3.09. The van der Waals surface area contributed by atoms with Gasteiger partial charge < -0.3 is 9.47 Å². The number of benzene rings is 2. The molecule has 0 radical (unpaired) electrons. The molecular weight excluding hydrogens is 355 g/mol. The van der Waals surface area contributed by atoms with Crippen molar-refractivity contribution in [3.8, 4) is 11.5 Å². The van der Waals surface area contributed by atoms with Crippen molar-refractivity contribution in [3.05, 3.63) is 57.6 Å². The molecule has 0 aliphatic carbocycles. The molecule has 8 heteroatoms. The summed E-state index contributed by atoms with van der Waals surface area (Å²) in [7, 11) is 2.88. The molecule has 0 unspecified atom stereocenters. The molecule has 2 aromatic rings. The molecule has 2 amide bonds. The molecule has 0 saturated heterocycles. The second-order valence-electron chi connectivity index (χ2n) is 4.57. The van der Waals surface area contributed by atoms with Crippen LogP contribution in [-0.4, -0.2) is 26.0 Å². The summed E-state index contributed by atoms with van der Waals surface area (Å²) in [5.74, 6) is -0.517. The molecule has 0 aliphatic heterocycles. The van der Waals surface area contributed by atoms with Gasteiger partial charge in [-0.05, 0) is 30.3 Å². The maximum atomic E-state index is 12.3. The maximum Gasteiger partial charge on any atom is 0.273 e. The fourth-order valence-electron chi connectivity index (χ4n) is 1.99. The van der Waals surface area contributed by atoms with Gasteiger partial charge in [-0.1, -0.05) is 29.3 Å². The summed E-state index contributed by atoms with van der Waals surface area (Å²) in [4.78, 5) is 24.4. The largest absolute Gasteiger partial charge is 0.493 e. The van der Waals surface area contributed by atoms with Crippen molar-refractivity contribution in [1.29, 1.82) is 0 Å². The third-order valence-corrected chi connectivity index (χ3v) is 3.67. The number of ether oxygens (including phenoxy) is 2. The molecular formula is C16H14Cl2N2O4. The van der Waals surface area contributed by atoms with E-state index in [4.69, 9.17) is 32.7 Å². The summed E-state index contributed by atoms with van der Waals surface area (Å²) < 4.78 is 10.3. The van der Waals surface area contributed by atoms with Crippen LogP contribution in [0.15, 0.2) is 36.4 Å². The molecule has 0 heterocycles. The highest BCUT2D eigenvalue weighted by Crippen LogP contribution is 2.30. The van der Waals surface area contributed by atoms with E-state index in [9.17, 15) is 9.59 Å². The fraction of sp³-hybridized carbons (Fsp3) is 0.125. The van der Waals surface area contributed by atoms with Gasteiger partial charge in [0.25, 0.3) is 11.8 Å². The first kappa shape index (κ1) is 17.9. The quantitative estimate of drug-likeness (QED) is 0.813. The fourth-order valence-corrected chi connectivity index (χ4v) is 2.36. The number of rotatable bonds is 4. The molecule has 0 atom stereocenters. The van der Waals surface area contributed by atoms with Crippen LogP contribution in [0.5, 0.6) is 11.5 Å². The van der Waals surface area contributed by atoms with Gasteiger partial charge in [0, 0.05) is 5.02 Å². The normalized spacial score (nSPS) is 10.0. The Balaban J connectivity index is 2.14. The highest BCUT2D eigenvalue weighted by molar-refractivity contribution is 6.35. The number of amides is 2. The zero-order valence-corrected chi connectivity index (χ0v) is 14.4. The van der Waals surface area contributed by atoms with Crippen LogP contribution in [0.3, 0.4) is 0 Å². The zero-order chi connectivity index (χ0) is 17.7. The van der Waals surface area contributed by atoms with Gasteiger partial charge in [-0.15, -0.1) is 0 Å². The Kier molecular flexibility index (Phi) is 5.89. The van der Waals surface area contributed by atoms with E-state index in [1.165, 1.54) is 32.4 Å². The number of nitrogens with one attached hydrogen (secondary N) is 2. The van der Waals surface area contributed by atoms with Crippen LogP contribution in [-0.2, 0) is 0 Å². The second kappa shape index (κ2) is 7.90. The van der Waals surface area contributed by atoms with Crippen LogP contribution in [0.2, 0.25) is 10.0 Å². The number of halogens is 2. The molecule has 0 aliphatic rings. The van der Waals surface area contributed by atoms with E-state index in [1.807, 2.05) is 0 Å². The summed E-state index contributed by atoms with van der Waals surface area (Å²) in [6.45, 7) is 0. The van der Waals surface area contributed by atoms with Gasteiger partial charge in [0.2, 0.25) is 0 Å². The first-order valence-corrected chi connectivity index (χ1v) is 7.50. The van der Waals surface area contributed by atoms with Crippen molar-refractivity contribution in [2.24, 2.45) is 0 Å². The van der Waals surface area contributed by atoms with Crippen LogP contribution in [0.25, 0.3) is 0 Å². The van der Waals surface area contributed by atoms with Gasteiger partial charge in [0.15, 0.2) is 11.5 Å². The van der Waals surface area contributed by atoms with Crippen molar-refractivity contribution >= 4 is 35.0 Å². The van der Waals surface area contributed by atoms with Crippen LogP contribution in [0.4, 0.5) is 0 Å². The van der Waals surface area contributed by atoms with E-state index in [-0.39, 0.29) is 21.9 Å². The Morgan fingerprint density at radius 3 is 2.21 bits per heavy atom. The molecule has 2 rings (SSSR count). The lowest BCUT2D eigenvalue weighted by Gasteiger charge is -2.13. The minimum Gasteiger partial charge on any atom is -0.493 e. The lowest BCUT2D eigenvalue weighted by molar-refractivity contribution is 0.0844. The number of hydrazine groups is 1. The Hall–Kier alpha value is -2.44. The predicted molar refractivity (Wildman–Crippen MR) is 90.9 cm³/mol. The van der Waals surface area contributed by atoms with Crippen molar-refractivity contribution in [2.75, 3.05) is 14.2 Å². The Morgan fingerprint density at radius 1 is 0.917 bits per heavy atom. The molecule has 0 bridgehead atoms. The van der Waals surface area contributed by atoms with Crippen LogP contribution >= 0.6 is 23.2 Å². The number of carbonyl (C=O) groups excluding carboxylic acids is 2. The standard InChI is InChI=1S/C16H14Cl2N2O4/c1-23-13-5-3-4-10(14(13)24-2)15(21)19-20-16(22)11-8-9(17)6-7-12(11)18/h3-8H,1-2H3,(H,19,21)(H,20,22). The maximum absolute atomic E-state index is 12.3. The minimum atomic E-state index is -0.599. The smallest absolute Gasteiger partial charge is 0.273 e. The Labute approximate surface area is 148 Å². The lowest BCUT2D eigenvalue weighted by Crippen LogP contribution is -2.41. The van der Waals surface area contributed by atoms with Gasteiger partial charge in [-0.2, -0.15) is 0 Å². The van der Waals surface area contributed by atoms with Crippen molar-refractivity contribution in [1.82, 2.24) is 10.9 Å². The number of hydrogen-bond donors (Lipinski definition) is 2. The molecule has 24 heavy (non-hydrogen) atoms. The molecule has 0 spiro atoms. The number of para-hydroxylation sites is 1. The Bertz CT molecular complexity index is 781. The van der Waals surface area contributed by atoms with Crippen LogP contribution in [0, 0.1) is 0 Å². The Morgan fingerprint density at radius 2 is 1.58 bits per heavy atom. The topological polar surface area (TPSA) is 76.7 Å². The third kappa shape index (κ3) is 3.90. The molecule has 2 N–H and O–H groups in total. The number of hydrogen-bond acceptors (Lipinski definition) is 4. The van der Waals surface area contributed by atoms with E-state index in [2.05, 4.69) is 10.9 Å². The summed E-state index contributed by atoms with van der Waals surface area (Å²) in [6, 6.07) is 9.27. The van der Waals surface area contributed by atoms with Crippen molar-refractivity contribution in [3.63, 3.8) is 0 Å². The SMILES string of the molecule is COc1cccc(C(=O)NNC(=O)c2cc(Cl)ccc2Cl)c1OC. The van der Waals surface area contributed by atoms with Gasteiger partial charge in [-0.25, -0.2) is 0 Å². The molecule has 126 valence electrons. The van der Waals surface area contributed by atoms with Crippen molar-refractivity contribution < 1.29 is 19.1 Å². The second-order valence-corrected chi connectivity index (χ2v) is 5.42. The van der Waals surface area contributed by atoms with E-state index >= 15 is 0 Å². The van der Waals surface area contributed by atoms with Gasteiger partial charge in [0.1, 0.15) is 0 Å². The molecule has 6 nitrogen and oxygen atoms in total. The molecule has 2 aromatic carbocycles. The van der Waals surface area contributed by atoms with E-state index in [0.29, 0.717) is 10.8 Å². The first-order valence-electron chi connectivity index (χ1n) is 6.74. The summed E-state index contributed by atoms with van der Waals surface area (Å²) in [5, 5.41) is 0.565. The van der Waals surface area contributed by atoms with Gasteiger partial charge >= 0.3 is 0 Å². The van der Waals surface area contributed by atoms with E-state index < -0.39 is 11.8 Å². The number of methoxy groups -OCH3 is 2. The molecule has 0 saturated carbocycles. The minimum absolute atomic E-state index is 0.141. The lowest BCUT2D eigenvalue weighted by atomic mass is 10.1. The number of carbonyl (C=O) groups is 2. The van der Waals surface area contributed by atoms with Crippen molar-refractivity contribution in [2.45, 2.75) is 0 Å². The van der Waals surface area contributed by atoms with Gasteiger partial charge in [0.05, 0.1) is 30.4 Å². The van der Waals surface area contributed by atoms with E-state index in [0.717, 1.165) is 0 Å². The summed E-state index contributed by atoms with van der Waals surface area (Å²) in [6.07, 6.45) is 0. The summed E-state index contributed by atoms with van der Waals surface area (Å²) in [5.41, 5.74) is 4.91. The summed E-state index contributed by atoms with van der Waals surface area (Å²) >= 11 is 11.8. The van der Waals surface area contributed by atoms with Crippen LogP contribution in [0.1, 0.15) is 20.7 Å². The first-order chi connectivity index (χ1) is 11.5.